The van der Waals surface area contributed by atoms with Crippen LogP contribution in [0.25, 0.3) is 0 Å². The SMILES string of the molecule is [2H]c1c(Cl)nc(C([2H])([2H])[2H])nc1Cl. The van der Waals surface area contributed by atoms with Crippen molar-refractivity contribution in [3.8, 4) is 0 Å². The molecule has 0 aromatic carbocycles. The number of halogens is 2. The van der Waals surface area contributed by atoms with Crippen molar-refractivity contribution in [1.82, 2.24) is 9.97 Å². The second kappa shape index (κ2) is 2.50. The molecule has 0 saturated heterocycles. The van der Waals surface area contributed by atoms with E-state index in [0.717, 1.165) is 0 Å². The normalized spacial score (nSPS) is 17.6. The van der Waals surface area contributed by atoms with Gasteiger partial charge >= 0.3 is 0 Å². The summed E-state index contributed by atoms with van der Waals surface area (Å²) in [7, 11) is 0. The van der Waals surface area contributed by atoms with Gasteiger partial charge in [-0.15, -0.1) is 0 Å². The van der Waals surface area contributed by atoms with Gasteiger partial charge in [0.1, 0.15) is 16.1 Å². The van der Waals surface area contributed by atoms with E-state index in [0.29, 0.717) is 0 Å². The molecule has 2 nitrogen and oxygen atoms in total. The highest BCUT2D eigenvalue weighted by Gasteiger charge is 1.94. The molecule has 4 heteroatoms. The second-order valence-electron chi connectivity index (χ2n) is 1.25. The van der Waals surface area contributed by atoms with Crippen LogP contribution in [0.5, 0.6) is 0 Å². The van der Waals surface area contributed by atoms with E-state index < -0.39 is 12.7 Å². The van der Waals surface area contributed by atoms with E-state index in [9.17, 15) is 0 Å². The highest BCUT2D eigenvalue weighted by atomic mass is 35.5. The third-order valence-electron chi connectivity index (χ3n) is 0.614. The van der Waals surface area contributed by atoms with Crippen molar-refractivity contribution in [2.75, 3.05) is 0 Å². The average Bonchev–Trinajstić information content (AvgIpc) is 1.97. The number of hydrogen-bond acceptors (Lipinski definition) is 2. The molecule has 0 radical (unpaired) electrons. The zero-order chi connectivity index (χ0) is 10.2. The number of nitrogens with zero attached hydrogens (tertiary/aromatic N) is 2. The second-order valence-corrected chi connectivity index (χ2v) is 1.97. The minimum atomic E-state index is -2.46. The summed E-state index contributed by atoms with van der Waals surface area (Å²) in [5, 5.41) is -0.516. The van der Waals surface area contributed by atoms with Gasteiger partial charge in [-0.3, -0.25) is 0 Å². The van der Waals surface area contributed by atoms with Gasteiger partial charge in [0.2, 0.25) is 0 Å². The first-order chi connectivity index (χ1) is 5.82. The Morgan fingerprint density at radius 1 is 1.56 bits per heavy atom. The van der Waals surface area contributed by atoms with Gasteiger partial charge in [0.25, 0.3) is 0 Å². The van der Waals surface area contributed by atoms with Crippen molar-refractivity contribution in [2.24, 2.45) is 0 Å². The first-order valence-electron chi connectivity index (χ1n) is 4.02. The fourth-order valence-electron chi connectivity index (χ4n) is 0.352. The summed E-state index contributed by atoms with van der Waals surface area (Å²) in [4.78, 5) is 6.85. The molecule has 9 heavy (non-hydrogen) atoms. The molecule has 1 heterocycles. The predicted octanol–water partition coefficient (Wildman–Crippen LogP) is 2.09. The Bertz CT molecular complexity index is 315. The molecule has 0 fully saturated rings. The standard InChI is InChI=1S/C5H4Cl2N2/c1-3-8-4(6)2-5(7)9-3/h2H,1H3/i1D3,2D. The lowest BCUT2D eigenvalue weighted by Crippen LogP contribution is -1.86. The minimum Gasteiger partial charge on any atom is -0.221 e. The molecule has 0 atom stereocenters. The summed E-state index contributed by atoms with van der Waals surface area (Å²) in [6, 6.07) is -0.267. The van der Waals surface area contributed by atoms with Gasteiger partial charge in [-0.05, 0) is 6.85 Å². The van der Waals surface area contributed by atoms with Crippen LogP contribution < -0.4 is 0 Å². The van der Waals surface area contributed by atoms with Crippen molar-refractivity contribution in [3.05, 3.63) is 22.2 Å². The fraction of sp³-hybridized carbons (Fsp3) is 0.200. The number of aromatic nitrogens is 2. The van der Waals surface area contributed by atoms with Crippen LogP contribution in [-0.4, -0.2) is 9.97 Å². The van der Waals surface area contributed by atoms with Gasteiger partial charge in [-0.2, -0.15) is 0 Å². The number of aryl methyl sites for hydroxylation is 1. The van der Waals surface area contributed by atoms with Crippen LogP contribution in [0.1, 0.15) is 11.3 Å². The molecule has 0 aliphatic rings. The van der Waals surface area contributed by atoms with E-state index in [2.05, 4.69) is 9.97 Å². The molecular weight excluding hydrogens is 159 g/mol. The minimum absolute atomic E-state index is 0.258. The smallest absolute Gasteiger partial charge is 0.134 e. The quantitative estimate of drug-likeness (QED) is 0.553. The van der Waals surface area contributed by atoms with E-state index in [4.69, 9.17) is 28.7 Å². The van der Waals surface area contributed by atoms with Crippen LogP contribution >= 0.6 is 23.2 Å². The van der Waals surface area contributed by atoms with Gasteiger partial charge in [0.15, 0.2) is 0 Å². The lowest BCUT2D eigenvalue weighted by molar-refractivity contribution is 1.05. The monoisotopic (exact) mass is 166 g/mol. The van der Waals surface area contributed by atoms with E-state index in [-0.39, 0.29) is 16.3 Å². The molecule has 0 spiro atoms. The molecule has 48 valence electrons. The molecule has 1 aromatic heterocycles. The van der Waals surface area contributed by atoms with Crippen LogP contribution in [0, 0.1) is 6.85 Å². The van der Waals surface area contributed by atoms with Gasteiger partial charge < -0.3 is 0 Å². The average molecular weight is 167 g/mol. The maximum atomic E-state index is 7.17. The maximum Gasteiger partial charge on any atom is 0.134 e. The summed E-state index contributed by atoms with van der Waals surface area (Å²) in [6.45, 7) is -2.46. The molecule has 1 aromatic rings. The molecule has 1 rings (SSSR count). The fourth-order valence-corrected chi connectivity index (χ4v) is 0.739. The Kier molecular flexibility index (Phi) is 0.880. The van der Waals surface area contributed by atoms with Crippen LogP contribution in [0.2, 0.25) is 10.3 Å². The van der Waals surface area contributed by atoms with Crippen LogP contribution in [-0.2, 0) is 0 Å². The third kappa shape index (κ3) is 1.80. The summed E-state index contributed by atoms with van der Waals surface area (Å²) in [5.74, 6) is -0.446. The summed E-state index contributed by atoms with van der Waals surface area (Å²) in [5.41, 5.74) is 0. The summed E-state index contributed by atoms with van der Waals surface area (Å²) < 4.78 is 28.1. The largest absolute Gasteiger partial charge is 0.221 e. The molecule has 0 unspecified atom stereocenters. The van der Waals surface area contributed by atoms with Gasteiger partial charge in [-0.1, -0.05) is 23.2 Å². The van der Waals surface area contributed by atoms with Crippen molar-refractivity contribution in [1.29, 1.82) is 0 Å². The molecule has 0 bridgehead atoms. The van der Waals surface area contributed by atoms with Crippen molar-refractivity contribution < 1.29 is 5.48 Å². The number of rotatable bonds is 0. The van der Waals surface area contributed by atoms with E-state index >= 15 is 0 Å². The Labute approximate surface area is 68.5 Å². The third-order valence-corrected chi connectivity index (χ3v) is 0.972. The molecule has 0 saturated carbocycles. The Hall–Kier alpha value is -0.340. The Balaban J connectivity index is 3.29. The van der Waals surface area contributed by atoms with E-state index in [1.54, 1.807) is 0 Å². The van der Waals surface area contributed by atoms with Crippen LogP contribution in [0.4, 0.5) is 0 Å². The van der Waals surface area contributed by atoms with Crippen LogP contribution in [0.3, 0.4) is 0 Å². The topological polar surface area (TPSA) is 25.8 Å². The van der Waals surface area contributed by atoms with Gasteiger partial charge in [0, 0.05) is 10.2 Å². The van der Waals surface area contributed by atoms with E-state index in [1.807, 2.05) is 0 Å². The summed E-state index contributed by atoms with van der Waals surface area (Å²) in [6.07, 6.45) is 0. The van der Waals surface area contributed by atoms with E-state index in [1.165, 1.54) is 0 Å². The highest BCUT2D eigenvalue weighted by Crippen LogP contribution is 2.10. The van der Waals surface area contributed by atoms with Crippen LogP contribution in [0.15, 0.2) is 6.04 Å². The number of hydrogen-bond donors (Lipinski definition) is 0. The highest BCUT2D eigenvalue weighted by molar-refractivity contribution is 6.33. The van der Waals surface area contributed by atoms with Crippen molar-refractivity contribution in [3.63, 3.8) is 0 Å². The molecule has 0 N–H and O–H groups in total. The van der Waals surface area contributed by atoms with Gasteiger partial charge in [-0.25, -0.2) is 9.97 Å². The predicted molar refractivity (Wildman–Crippen MR) is 36.8 cm³/mol. The lowest BCUT2D eigenvalue weighted by atomic mass is 10.6. The maximum absolute atomic E-state index is 7.17. The van der Waals surface area contributed by atoms with Gasteiger partial charge in [0.05, 0.1) is 1.37 Å². The van der Waals surface area contributed by atoms with Crippen molar-refractivity contribution >= 4 is 23.2 Å². The lowest BCUT2D eigenvalue weighted by Gasteiger charge is -1.91. The molecule has 0 amide bonds. The zero-order valence-corrected chi connectivity index (χ0v) is 5.66. The zero-order valence-electron chi connectivity index (χ0n) is 8.15. The summed E-state index contributed by atoms with van der Waals surface area (Å²) >= 11 is 10.9. The molecule has 0 aliphatic carbocycles. The Morgan fingerprint density at radius 3 is 2.56 bits per heavy atom. The molecule has 0 aliphatic heterocycles. The molecular formula is C5H4Cl2N2. The Morgan fingerprint density at radius 2 is 2.11 bits per heavy atom. The van der Waals surface area contributed by atoms with Crippen molar-refractivity contribution in [2.45, 2.75) is 6.85 Å². The first-order valence-corrected chi connectivity index (χ1v) is 2.78. The first kappa shape index (κ1) is 3.17.